The van der Waals surface area contributed by atoms with E-state index in [1.165, 1.54) is 12.1 Å². The minimum absolute atomic E-state index is 0.0811. The maximum absolute atomic E-state index is 12.0. The van der Waals surface area contributed by atoms with Gasteiger partial charge in [0, 0.05) is 6.20 Å². The standard InChI is InChI=1S/C11H13N3O4S/c1-7(2)10(11(15)16)14-19(17,18)9-4-3-8(5-12)13-6-9/h3-4,6-7,10,14H,1-2H3,(H,15,16)/t10-/m1/s1. The van der Waals surface area contributed by atoms with E-state index in [2.05, 4.69) is 9.71 Å². The van der Waals surface area contributed by atoms with E-state index in [0.717, 1.165) is 6.20 Å². The van der Waals surface area contributed by atoms with Crippen molar-refractivity contribution in [1.82, 2.24) is 9.71 Å². The first-order valence-electron chi connectivity index (χ1n) is 5.39. The Morgan fingerprint density at radius 1 is 1.47 bits per heavy atom. The molecule has 0 bridgehead atoms. The summed E-state index contributed by atoms with van der Waals surface area (Å²) in [5.74, 6) is -1.65. The number of carboxylic acid groups (broad SMARTS) is 1. The molecule has 0 radical (unpaired) electrons. The molecule has 1 heterocycles. The van der Waals surface area contributed by atoms with Crippen molar-refractivity contribution in [2.45, 2.75) is 24.8 Å². The third kappa shape index (κ3) is 3.74. The molecular weight excluding hydrogens is 270 g/mol. The van der Waals surface area contributed by atoms with Crippen LogP contribution in [0.3, 0.4) is 0 Å². The molecule has 0 aliphatic heterocycles. The number of carbonyl (C=O) groups is 1. The first-order chi connectivity index (χ1) is 8.77. The molecule has 0 spiro atoms. The van der Waals surface area contributed by atoms with Crippen LogP contribution in [0.1, 0.15) is 19.5 Å². The van der Waals surface area contributed by atoms with Crippen molar-refractivity contribution in [3.63, 3.8) is 0 Å². The van der Waals surface area contributed by atoms with Crippen molar-refractivity contribution in [3.05, 3.63) is 24.0 Å². The predicted molar refractivity (Wildman–Crippen MR) is 65.5 cm³/mol. The lowest BCUT2D eigenvalue weighted by Gasteiger charge is -2.17. The van der Waals surface area contributed by atoms with Crippen molar-refractivity contribution in [2.75, 3.05) is 0 Å². The normalized spacial score (nSPS) is 12.9. The number of carboxylic acids is 1. The van der Waals surface area contributed by atoms with Gasteiger partial charge >= 0.3 is 5.97 Å². The number of nitrogens with zero attached hydrogens (tertiary/aromatic N) is 2. The zero-order chi connectivity index (χ0) is 14.6. The molecular formula is C11H13N3O4S. The van der Waals surface area contributed by atoms with Crippen LogP contribution in [0.25, 0.3) is 0 Å². The third-order valence-electron chi connectivity index (χ3n) is 2.38. The molecule has 7 nitrogen and oxygen atoms in total. The van der Waals surface area contributed by atoms with Crippen molar-refractivity contribution >= 4 is 16.0 Å². The van der Waals surface area contributed by atoms with E-state index >= 15 is 0 Å². The van der Waals surface area contributed by atoms with Crippen LogP contribution in [0.2, 0.25) is 0 Å². The average Bonchev–Trinajstić information content (AvgIpc) is 2.35. The van der Waals surface area contributed by atoms with E-state index in [1.807, 2.05) is 0 Å². The monoisotopic (exact) mass is 283 g/mol. The Balaban J connectivity index is 3.03. The van der Waals surface area contributed by atoms with Crippen LogP contribution in [0.5, 0.6) is 0 Å². The van der Waals surface area contributed by atoms with Crippen LogP contribution in [0, 0.1) is 17.2 Å². The zero-order valence-electron chi connectivity index (χ0n) is 10.4. The highest BCUT2D eigenvalue weighted by Crippen LogP contribution is 2.11. The molecule has 0 fully saturated rings. The van der Waals surface area contributed by atoms with Gasteiger partial charge in [-0.3, -0.25) is 4.79 Å². The lowest BCUT2D eigenvalue weighted by atomic mass is 10.1. The van der Waals surface area contributed by atoms with E-state index in [4.69, 9.17) is 10.4 Å². The number of rotatable bonds is 5. The molecule has 0 saturated heterocycles. The maximum atomic E-state index is 12.0. The predicted octanol–water partition coefficient (Wildman–Crippen LogP) is 0.341. The quantitative estimate of drug-likeness (QED) is 0.804. The number of nitrogens with one attached hydrogen (secondary N) is 1. The molecule has 1 atom stereocenters. The summed E-state index contributed by atoms with van der Waals surface area (Å²) in [6.45, 7) is 3.19. The number of aliphatic carboxylic acids is 1. The van der Waals surface area contributed by atoms with E-state index in [9.17, 15) is 13.2 Å². The Bertz CT molecular complexity index is 602. The van der Waals surface area contributed by atoms with Crippen molar-refractivity contribution in [3.8, 4) is 6.07 Å². The molecule has 0 saturated carbocycles. The first kappa shape index (κ1) is 15.1. The average molecular weight is 283 g/mol. The molecule has 2 N–H and O–H groups in total. The molecule has 1 rings (SSSR count). The highest BCUT2D eigenvalue weighted by atomic mass is 32.2. The summed E-state index contributed by atoms with van der Waals surface area (Å²) in [5.41, 5.74) is 0.0811. The Morgan fingerprint density at radius 2 is 2.11 bits per heavy atom. The summed E-state index contributed by atoms with van der Waals surface area (Å²) in [6.07, 6.45) is 1.01. The van der Waals surface area contributed by atoms with E-state index in [1.54, 1.807) is 19.9 Å². The third-order valence-corrected chi connectivity index (χ3v) is 3.80. The number of hydrogen-bond acceptors (Lipinski definition) is 5. The van der Waals surface area contributed by atoms with E-state index in [0.29, 0.717) is 0 Å². The van der Waals surface area contributed by atoms with Gasteiger partial charge in [0.15, 0.2) is 0 Å². The highest BCUT2D eigenvalue weighted by Gasteiger charge is 2.28. The second-order valence-corrected chi connectivity index (χ2v) is 5.89. The topological polar surface area (TPSA) is 120 Å². The molecule has 0 amide bonds. The van der Waals surface area contributed by atoms with Gasteiger partial charge in [-0.1, -0.05) is 13.8 Å². The van der Waals surface area contributed by atoms with E-state index in [-0.39, 0.29) is 10.6 Å². The Morgan fingerprint density at radius 3 is 2.47 bits per heavy atom. The van der Waals surface area contributed by atoms with Gasteiger partial charge in [0.05, 0.1) is 0 Å². The lowest BCUT2D eigenvalue weighted by molar-refractivity contribution is -0.140. The molecule has 102 valence electrons. The summed E-state index contributed by atoms with van der Waals surface area (Å²) in [5, 5.41) is 17.5. The molecule has 0 unspecified atom stereocenters. The SMILES string of the molecule is CC(C)[C@@H](NS(=O)(=O)c1ccc(C#N)nc1)C(=O)O. The molecule has 1 aromatic rings. The summed E-state index contributed by atoms with van der Waals surface area (Å²) in [4.78, 5) is 14.4. The largest absolute Gasteiger partial charge is 0.480 e. The number of pyridine rings is 1. The maximum Gasteiger partial charge on any atom is 0.322 e. The van der Waals surface area contributed by atoms with Gasteiger partial charge in [0.1, 0.15) is 22.7 Å². The summed E-state index contributed by atoms with van der Waals surface area (Å²) in [7, 11) is -3.98. The number of sulfonamides is 1. The van der Waals surface area contributed by atoms with Gasteiger partial charge in [-0.25, -0.2) is 13.4 Å². The fourth-order valence-electron chi connectivity index (χ4n) is 1.31. The molecule has 0 aromatic carbocycles. The summed E-state index contributed by atoms with van der Waals surface area (Å²) >= 11 is 0. The van der Waals surface area contributed by atoms with Crippen LogP contribution in [0.15, 0.2) is 23.2 Å². The molecule has 8 heteroatoms. The summed E-state index contributed by atoms with van der Waals surface area (Å²) < 4.78 is 26.0. The number of aromatic nitrogens is 1. The first-order valence-corrected chi connectivity index (χ1v) is 6.87. The van der Waals surface area contributed by atoms with Crippen LogP contribution in [0.4, 0.5) is 0 Å². The van der Waals surface area contributed by atoms with Crippen molar-refractivity contribution in [1.29, 1.82) is 5.26 Å². The lowest BCUT2D eigenvalue weighted by Crippen LogP contribution is -2.44. The summed E-state index contributed by atoms with van der Waals surface area (Å²) in [6, 6.07) is 2.99. The Labute approximate surface area is 110 Å². The van der Waals surface area contributed by atoms with Gasteiger partial charge in [-0.05, 0) is 18.1 Å². The fourth-order valence-corrected chi connectivity index (χ4v) is 2.59. The zero-order valence-corrected chi connectivity index (χ0v) is 11.2. The number of hydrogen-bond donors (Lipinski definition) is 2. The Kier molecular flexibility index (Phi) is 4.58. The van der Waals surface area contributed by atoms with Crippen LogP contribution in [-0.2, 0) is 14.8 Å². The van der Waals surface area contributed by atoms with Gasteiger partial charge in [0.25, 0.3) is 0 Å². The molecule has 0 aliphatic carbocycles. The van der Waals surface area contributed by atoms with Crippen LogP contribution >= 0.6 is 0 Å². The van der Waals surface area contributed by atoms with Crippen molar-refractivity contribution < 1.29 is 18.3 Å². The Hall–Kier alpha value is -1.98. The van der Waals surface area contributed by atoms with E-state index < -0.39 is 28.0 Å². The minimum atomic E-state index is -3.98. The minimum Gasteiger partial charge on any atom is -0.480 e. The van der Waals surface area contributed by atoms with Gasteiger partial charge < -0.3 is 5.11 Å². The second-order valence-electron chi connectivity index (χ2n) is 4.17. The van der Waals surface area contributed by atoms with Crippen LogP contribution in [-0.4, -0.2) is 30.5 Å². The fraction of sp³-hybridized carbons (Fsp3) is 0.364. The second kappa shape index (κ2) is 5.77. The molecule has 0 aliphatic rings. The molecule has 19 heavy (non-hydrogen) atoms. The van der Waals surface area contributed by atoms with Crippen molar-refractivity contribution in [2.24, 2.45) is 5.92 Å². The van der Waals surface area contributed by atoms with Gasteiger partial charge in [0.2, 0.25) is 10.0 Å². The molecule has 1 aromatic heterocycles. The highest BCUT2D eigenvalue weighted by molar-refractivity contribution is 7.89. The van der Waals surface area contributed by atoms with Gasteiger partial charge in [-0.15, -0.1) is 0 Å². The van der Waals surface area contributed by atoms with Gasteiger partial charge in [-0.2, -0.15) is 9.98 Å². The van der Waals surface area contributed by atoms with Crippen LogP contribution < -0.4 is 4.72 Å². The smallest absolute Gasteiger partial charge is 0.322 e. The number of nitriles is 1.